The molecule has 4 rings (SSSR count). The largest absolute Gasteiger partial charge is 0.478 e. The second-order valence-corrected chi connectivity index (χ2v) is 6.63. The highest BCUT2D eigenvalue weighted by Gasteiger charge is 2.30. The molecule has 2 N–H and O–H groups in total. The summed E-state index contributed by atoms with van der Waals surface area (Å²) in [6.45, 7) is 0. The number of nitrogens with one attached hydrogen (secondary N) is 1. The Morgan fingerprint density at radius 2 is 1.97 bits per heavy atom. The summed E-state index contributed by atoms with van der Waals surface area (Å²) in [5, 5.41) is 13.2. The lowest BCUT2D eigenvalue weighted by Gasteiger charge is -2.13. The van der Waals surface area contributed by atoms with Crippen LogP contribution < -0.4 is 5.32 Å². The predicted molar refractivity (Wildman–Crippen MR) is 104 cm³/mol. The van der Waals surface area contributed by atoms with Crippen LogP contribution in [-0.4, -0.2) is 26.0 Å². The van der Waals surface area contributed by atoms with Crippen LogP contribution in [0.1, 0.15) is 15.9 Å². The van der Waals surface area contributed by atoms with Gasteiger partial charge in [-0.3, -0.25) is 0 Å². The highest BCUT2D eigenvalue weighted by Crippen LogP contribution is 2.35. The van der Waals surface area contributed by atoms with Gasteiger partial charge in [0, 0.05) is 27.6 Å². The molecule has 10 heteroatoms. The molecule has 0 saturated heterocycles. The summed E-state index contributed by atoms with van der Waals surface area (Å²) in [6, 6.07) is 7.41. The minimum absolute atomic E-state index is 0.0174. The average Bonchev–Trinajstić information content (AvgIpc) is 2.67. The van der Waals surface area contributed by atoms with E-state index in [1.54, 1.807) is 0 Å². The molecule has 29 heavy (non-hydrogen) atoms. The van der Waals surface area contributed by atoms with Crippen LogP contribution in [0, 0.1) is 0 Å². The number of thiol groups is 1. The van der Waals surface area contributed by atoms with Gasteiger partial charge in [0.1, 0.15) is 11.8 Å². The van der Waals surface area contributed by atoms with E-state index >= 15 is 0 Å². The topological polar surface area (TPSA) is 88.0 Å². The van der Waals surface area contributed by atoms with Gasteiger partial charge in [0.25, 0.3) is 0 Å². The highest BCUT2D eigenvalue weighted by atomic mass is 32.1. The summed E-state index contributed by atoms with van der Waals surface area (Å²) in [7, 11) is 0. The fourth-order valence-electron chi connectivity index (χ4n) is 2.97. The molecule has 146 valence electrons. The summed E-state index contributed by atoms with van der Waals surface area (Å²) < 4.78 is 39.0. The van der Waals surface area contributed by atoms with E-state index in [4.69, 9.17) is 0 Å². The van der Waals surface area contributed by atoms with Gasteiger partial charge in [0.05, 0.1) is 16.6 Å². The van der Waals surface area contributed by atoms with Crippen molar-refractivity contribution in [3.63, 3.8) is 0 Å². The predicted octanol–water partition coefficient (Wildman–Crippen LogP) is 4.93. The third kappa shape index (κ3) is 3.54. The Labute approximate surface area is 166 Å². The maximum atomic E-state index is 13.0. The fraction of sp³-hybridized carbons (Fsp3) is 0.0526. The summed E-state index contributed by atoms with van der Waals surface area (Å²) >= 11 is 4.36. The molecule has 0 unspecified atom stereocenters. The summed E-state index contributed by atoms with van der Waals surface area (Å²) in [5.74, 6) is -0.981. The number of pyridine rings is 1. The molecule has 2 heterocycles. The first kappa shape index (κ1) is 18.9. The molecule has 0 atom stereocenters. The van der Waals surface area contributed by atoms with Crippen LogP contribution in [0.25, 0.3) is 21.8 Å². The van der Waals surface area contributed by atoms with E-state index in [1.807, 2.05) is 0 Å². The standard InChI is InChI=1S/C19H11F3N4O2S/c20-19(21,22)10-2-1-3-11(6-10)25-17-16-12(7-23-8-24-16)15-13(26-17)4-9(18(27)28)5-14(15)29/h1-8,29H,(H,25,26)(H,27,28). The molecule has 0 saturated carbocycles. The Balaban J connectivity index is 1.93. The van der Waals surface area contributed by atoms with Gasteiger partial charge < -0.3 is 10.4 Å². The molecule has 0 radical (unpaired) electrons. The van der Waals surface area contributed by atoms with Gasteiger partial charge in [0.2, 0.25) is 0 Å². The Bertz CT molecular complexity index is 1280. The van der Waals surface area contributed by atoms with Crippen molar-refractivity contribution >= 4 is 51.9 Å². The number of carbonyl (C=O) groups is 1. The van der Waals surface area contributed by atoms with Crippen molar-refractivity contribution < 1.29 is 23.1 Å². The van der Waals surface area contributed by atoms with Gasteiger partial charge in [0.15, 0.2) is 5.82 Å². The van der Waals surface area contributed by atoms with E-state index in [-0.39, 0.29) is 17.1 Å². The summed E-state index contributed by atoms with van der Waals surface area (Å²) in [5.41, 5.74) is -0.00807. The lowest BCUT2D eigenvalue weighted by molar-refractivity contribution is -0.137. The van der Waals surface area contributed by atoms with E-state index in [0.29, 0.717) is 26.7 Å². The van der Waals surface area contributed by atoms with Crippen molar-refractivity contribution in [3.8, 4) is 0 Å². The number of benzene rings is 2. The van der Waals surface area contributed by atoms with E-state index in [9.17, 15) is 23.1 Å². The summed E-state index contributed by atoms with van der Waals surface area (Å²) in [6.07, 6.45) is -1.68. The Morgan fingerprint density at radius 3 is 2.69 bits per heavy atom. The molecule has 0 spiro atoms. The van der Waals surface area contributed by atoms with Crippen LogP contribution in [0.15, 0.2) is 53.8 Å². The molecule has 2 aromatic heterocycles. The third-order valence-electron chi connectivity index (χ3n) is 4.23. The molecule has 2 aromatic carbocycles. The van der Waals surface area contributed by atoms with Crippen molar-refractivity contribution in [1.29, 1.82) is 0 Å². The molecule has 0 fully saturated rings. The van der Waals surface area contributed by atoms with Crippen LogP contribution in [0.4, 0.5) is 24.7 Å². The van der Waals surface area contributed by atoms with Crippen LogP contribution >= 0.6 is 12.6 Å². The van der Waals surface area contributed by atoms with Crippen molar-refractivity contribution in [2.75, 3.05) is 5.32 Å². The second kappa shape index (κ2) is 6.89. The zero-order valence-electron chi connectivity index (χ0n) is 14.4. The normalized spacial score (nSPS) is 11.7. The lowest BCUT2D eigenvalue weighted by atomic mass is 10.1. The first-order valence-electron chi connectivity index (χ1n) is 8.18. The number of nitrogens with zero attached hydrogens (tertiary/aromatic N) is 3. The van der Waals surface area contributed by atoms with Crippen molar-refractivity contribution in [2.24, 2.45) is 0 Å². The first-order valence-corrected chi connectivity index (χ1v) is 8.63. The Hall–Kier alpha value is -3.40. The van der Waals surface area contributed by atoms with Crippen molar-refractivity contribution in [1.82, 2.24) is 15.0 Å². The minimum atomic E-state index is -4.49. The van der Waals surface area contributed by atoms with Crippen molar-refractivity contribution in [3.05, 3.63) is 60.0 Å². The van der Waals surface area contributed by atoms with E-state index < -0.39 is 17.7 Å². The number of carboxylic acids is 1. The summed E-state index contributed by atoms with van der Waals surface area (Å²) in [4.78, 5) is 24.3. The monoisotopic (exact) mass is 416 g/mol. The van der Waals surface area contributed by atoms with Crippen LogP contribution in [0.3, 0.4) is 0 Å². The zero-order chi connectivity index (χ0) is 20.8. The molecular formula is C19H11F3N4O2S. The molecule has 4 aromatic rings. The van der Waals surface area contributed by atoms with Crippen LogP contribution in [0.2, 0.25) is 0 Å². The number of halogens is 3. The quantitative estimate of drug-likeness (QED) is 0.324. The van der Waals surface area contributed by atoms with E-state index in [2.05, 4.69) is 32.9 Å². The Morgan fingerprint density at radius 1 is 1.17 bits per heavy atom. The molecule has 0 bridgehead atoms. The maximum absolute atomic E-state index is 13.0. The molecule has 0 aliphatic rings. The molecule has 0 aliphatic carbocycles. The fourth-order valence-corrected chi connectivity index (χ4v) is 3.35. The number of fused-ring (bicyclic) bond motifs is 3. The van der Waals surface area contributed by atoms with Crippen molar-refractivity contribution in [2.45, 2.75) is 11.1 Å². The van der Waals surface area contributed by atoms with Gasteiger partial charge in [-0.1, -0.05) is 6.07 Å². The molecular weight excluding hydrogens is 405 g/mol. The van der Waals surface area contributed by atoms with Crippen LogP contribution in [-0.2, 0) is 6.18 Å². The highest BCUT2D eigenvalue weighted by molar-refractivity contribution is 7.80. The van der Waals surface area contributed by atoms with Gasteiger partial charge >= 0.3 is 12.1 Å². The SMILES string of the molecule is O=C(O)c1cc(S)c2c(c1)nc(Nc1cccc(C(F)(F)F)c1)c1ncncc12. The van der Waals surface area contributed by atoms with Gasteiger partial charge in [-0.05, 0) is 30.3 Å². The number of rotatable bonds is 3. The number of alkyl halides is 3. The average molecular weight is 416 g/mol. The number of aromatic carboxylic acids is 1. The van der Waals surface area contributed by atoms with E-state index in [1.165, 1.54) is 36.8 Å². The molecule has 6 nitrogen and oxygen atoms in total. The lowest BCUT2D eigenvalue weighted by Crippen LogP contribution is -2.06. The first-order chi connectivity index (χ1) is 13.7. The maximum Gasteiger partial charge on any atom is 0.416 e. The van der Waals surface area contributed by atoms with E-state index in [0.717, 1.165) is 12.1 Å². The number of aromatic nitrogens is 3. The minimum Gasteiger partial charge on any atom is -0.478 e. The van der Waals surface area contributed by atoms with Gasteiger partial charge in [-0.15, -0.1) is 12.6 Å². The smallest absolute Gasteiger partial charge is 0.416 e. The number of carboxylic acid groups (broad SMARTS) is 1. The second-order valence-electron chi connectivity index (χ2n) is 6.14. The van der Waals surface area contributed by atoms with Gasteiger partial charge in [-0.2, -0.15) is 13.2 Å². The molecule has 0 amide bonds. The zero-order valence-corrected chi connectivity index (χ0v) is 15.3. The number of hydrogen-bond acceptors (Lipinski definition) is 6. The van der Waals surface area contributed by atoms with Gasteiger partial charge in [-0.25, -0.2) is 19.7 Å². The molecule has 0 aliphatic heterocycles. The number of anilines is 2. The Kier molecular flexibility index (Phi) is 4.50. The van der Waals surface area contributed by atoms with Crippen LogP contribution in [0.5, 0.6) is 0 Å². The number of hydrogen-bond donors (Lipinski definition) is 3. The third-order valence-corrected chi connectivity index (χ3v) is 4.59.